The second-order valence-electron chi connectivity index (χ2n) is 11.9. The minimum atomic E-state index is -1.87. The summed E-state index contributed by atoms with van der Waals surface area (Å²) in [6.07, 6.45) is 3.44. The van der Waals surface area contributed by atoms with Gasteiger partial charge in [0.25, 0.3) is 0 Å². The van der Waals surface area contributed by atoms with Gasteiger partial charge in [0.2, 0.25) is 23.6 Å². The fourth-order valence-corrected chi connectivity index (χ4v) is 7.98. The average molecular weight is 476 g/mol. The van der Waals surface area contributed by atoms with Crippen LogP contribution < -0.4 is 16.0 Å². The molecular weight excluding hydrogens is 438 g/mol. The lowest BCUT2D eigenvalue weighted by molar-refractivity contribution is -0.143. The average Bonchev–Trinajstić information content (AvgIpc) is 3.24. The van der Waals surface area contributed by atoms with Crippen LogP contribution in [0.15, 0.2) is 0 Å². The Labute approximate surface area is 197 Å². The van der Waals surface area contributed by atoms with Crippen molar-refractivity contribution in [2.75, 3.05) is 6.17 Å². The fourth-order valence-electron chi connectivity index (χ4n) is 5.10. The van der Waals surface area contributed by atoms with Crippen molar-refractivity contribution >= 4 is 31.7 Å². The zero-order valence-corrected chi connectivity index (χ0v) is 21.6. The van der Waals surface area contributed by atoms with Crippen LogP contribution >= 0.6 is 0 Å². The molecule has 4 atom stereocenters. The molecule has 0 aromatic heterocycles. The normalized spacial score (nSPS) is 26.8. The maximum atomic E-state index is 13.5. The highest BCUT2D eigenvalue weighted by molar-refractivity contribution is 6.79. The topological polar surface area (TPSA) is 131 Å². The summed E-state index contributed by atoms with van der Waals surface area (Å²) in [6.45, 7) is 11.3. The lowest BCUT2D eigenvalue weighted by atomic mass is 9.85. The number of hydrogen-bond acceptors (Lipinski definition) is 5. The van der Waals surface area contributed by atoms with E-state index in [-0.39, 0.29) is 41.5 Å². The van der Waals surface area contributed by atoms with Crippen molar-refractivity contribution in [1.29, 1.82) is 5.26 Å². The Balaban J connectivity index is 1.72. The minimum absolute atomic E-state index is 0.0449. The lowest BCUT2D eigenvalue weighted by Gasteiger charge is -2.35. The number of hydrogen-bond donors (Lipinski definition) is 3. The Morgan fingerprint density at radius 2 is 1.91 bits per heavy atom. The molecule has 0 aromatic carbocycles. The van der Waals surface area contributed by atoms with E-state index in [1.54, 1.807) is 4.90 Å². The van der Waals surface area contributed by atoms with E-state index >= 15 is 0 Å². The molecule has 33 heavy (non-hydrogen) atoms. The Morgan fingerprint density at radius 1 is 1.27 bits per heavy atom. The minimum Gasteiger partial charge on any atom is -0.350 e. The Morgan fingerprint density at radius 3 is 2.39 bits per heavy atom. The van der Waals surface area contributed by atoms with Crippen LogP contribution in [0.4, 0.5) is 0 Å². The Kier molecular flexibility index (Phi) is 6.68. The second-order valence-corrected chi connectivity index (χ2v) is 17.0. The summed E-state index contributed by atoms with van der Waals surface area (Å²) in [7, 11) is -1.87. The molecule has 0 aromatic rings. The van der Waals surface area contributed by atoms with Crippen LogP contribution in [-0.4, -0.2) is 66.4 Å². The zero-order chi connectivity index (χ0) is 24.8. The quantitative estimate of drug-likeness (QED) is 0.494. The summed E-state index contributed by atoms with van der Waals surface area (Å²) >= 11 is 0. The highest BCUT2D eigenvalue weighted by Crippen LogP contribution is 2.46. The van der Waals surface area contributed by atoms with Crippen LogP contribution in [0, 0.1) is 22.7 Å². The molecule has 2 saturated heterocycles. The summed E-state index contributed by atoms with van der Waals surface area (Å²) in [5.41, 5.74) is -0.608. The third kappa shape index (κ3) is 5.75. The van der Waals surface area contributed by atoms with E-state index in [0.717, 1.165) is 12.8 Å². The van der Waals surface area contributed by atoms with Gasteiger partial charge in [0.1, 0.15) is 18.1 Å². The highest BCUT2D eigenvalue weighted by Gasteiger charge is 2.53. The van der Waals surface area contributed by atoms with E-state index in [4.69, 9.17) is 0 Å². The summed E-state index contributed by atoms with van der Waals surface area (Å²) in [5, 5.41) is 18.3. The molecule has 4 unspecified atom stereocenters. The molecular formula is C23H37N5O4Si. The molecule has 1 spiro atoms. The first-order valence-corrected chi connectivity index (χ1v) is 15.2. The van der Waals surface area contributed by atoms with Gasteiger partial charge in [0.15, 0.2) is 0 Å². The molecule has 3 N–H and O–H groups in total. The van der Waals surface area contributed by atoms with Crippen LogP contribution in [-0.2, 0) is 19.2 Å². The maximum Gasteiger partial charge on any atom is 0.246 e. The van der Waals surface area contributed by atoms with Crippen molar-refractivity contribution in [1.82, 2.24) is 20.9 Å². The van der Waals surface area contributed by atoms with Crippen LogP contribution in [0.25, 0.3) is 0 Å². The molecule has 0 radical (unpaired) electrons. The van der Waals surface area contributed by atoms with Crippen LogP contribution in [0.3, 0.4) is 0 Å². The molecule has 3 aliphatic rings. The van der Waals surface area contributed by atoms with Crippen molar-refractivity contribution in [2.45, 2.75) is 96.2 Å². The van der Waals surface area contributed by atoms with Gasteiger partial charge in [-0.05, 0) is 37.1 Å². The Bertz CT molecular complexity index is 886. The third-order valence-electron chi connectivity index (χ3n) is 7.01. The second kappa shape index (κ2) is 8.74. The highest BCUT2D eigenvalue weighted by atomic mass is 28.3. The van der Waals surface area contributed by atoms with Crippen molar-refractivity contribution < 1.29 is 19.2 Å². The van der Waals surface area contributed by atoms with Crippen LogP contribution in [0.2, 0.25) is 19.1 Å². The fraction of sp³-hybridized carbons (Fsp3) is 0.783. The zero-order valence-electron chi connectivity index (χ0n) is 20.6. The first-order chi connectivity index (χ1) is 15.2. The number of nitrogens with zero attached hydrogens (tertiary/aromatic N) is 2. The van der Waals surface area contributed by atoms with Gasteiger partial charge in [0, 0.05) is 24.5 Å². The number of rotatable bonds is 6. The molecule has 3 rings (SSSR count). The van der Waals surface area contributed by atoms with Crippen LogP contribution in [0.1, 0.15) is 53.4 Å². The first-order valence-electron chi connectivity index (χ1n) is 11.8. The van der Waals surface area contributed by atoms with Crippen molar-refractivity contribution in [3.05, 3.63) is 0 Å². The summed E-state index contributed by atoms with van der Waals surface area (Å²) in [6, 6.07) is 0.492. The van der Waals surface area contributed by atoms with Gasteiger partial charge in [-0.15, -0.1) is 0 Å². The summed E-state index contributed by atoms with van der Waals surface area (Å²) in [4.78, 5) is 52.5. The van der Waals surface area contributed by atoms with Gasteiger partial charge in [-0.25, -0.2) is 0 Å². The molecule has 2 aliphatic heterocycles. The van der Waals surface area contributed by atoms with E-state index in [1.165, 1.54) is 6.92 Å². The van der Waals surface area contributed by atoms with Crippen molar-refractivity contribution in [2.24, 2.45) is 11.3 Å². The molecule has 0 bridgehead atoms. The van der Waals surface area contributed by atoms with E-state index < -0.39 is 31.6 Å². The van der Waals surface area contributed by atoms with E-state index in [1.807, 2.05) is 20.8 Å². The summed E-state index contributed by atoms with van der Waals surface area (Å²) < 4.78 is 0. The lowest BCUT2D eigenvalue weighted by Crippen LogP contribution is -2.58. The molecule has 10 heteroatoms. The molecule has 1 saturated carbocycles. The van der Waals surface area contributed by atoms with Gasteiger partial charge in [-0.3, -0.25) is 19.2 Å². The van der Waals surface area contributed by atoms with Gasteiger partial charge in [0.05, 0.1) is 14.1 Å². The predicted octanol–water partition coefficient (Wildman–Crippen LogP) is 1.06. The van der Waals surface area contributed by atoms with Gasteiger partial charge in [-0.2, -0.15) is 5.26 Å². The molecule has 1 aliphatic carbocycles. The van der Waals surface area contributed by atoms with Crippen molar-refractivity contribution in [3.63, 3.8) is 0 Å². The molecule has 2 heterocycles. The standard InChI is InChI=1S/C23H37N5O4Si/c1-14(29)25-18(22(2,3)4)21(32)28-13-33(5,6)12-17(28)20(31)26-16(11-24)9-15-10-23(7-8-23)27-19(15)30/h15-18H,7-10,12-13H2,1-6H3,(H,25,29)(H,26,31)(H,27,30). The van der Waals surface area contributed by atoms with E-state index in [9.17, 15) is 24.4 Å². The largest absolute Gasteiger partial charge is 0.350 e. The summed E-state index contributed by atoms with van der Waals surface area (Å²) in [5.74, 6) is -1.25. The molecule has 4 amide bonds. The van der Waals surface area contributed by atoms with Gasteiger partial charge >= 0.3 is 0 Å². The SMILES string of the molecule is CC(=O)NC(C(=O)N1C[Si](C)(C)CC1C(=O)NC(C#N)CC1CC2(CC2)NC1=O)C(C)(C)C. The van der Waals surface area contributed by atoms with Gasteiger partial charge < -0.3 is 20.9 Å². The van der Waals surface area contributed by atoms with E-state index in [2.05, 4.69) is 35.1 Å². The first kappa shape index (κ1) is 25.2. The number of amides is 4. The number of nitriles is 1. The monoisotopic (exact) mass is 475 g/mol. The number of carbonyl (C=O) groups is 4. The predicted molar refractivity (Wildman–Crippen MR) is 125 cm³/mol. The smallest absolute Gasteiger partial charge is 0.246 e. The molecule has 3 fully saturated rings. The Hall–Kier alpha value is -2.41. The van der Waals surface area contributed by atoms with Gasteiger partial charge in [-0.1, -0.05) is 33.9 Å². The molecule has 182 valence electrons. The third-order valence-corrected chi connectivity index (χ3v) is 9.70. The maximum absolute atomic E-state index is 13.5. The van der Waals surface area contributed by atoms with Crippen molar-refractivity contribution in [3.8, 4) is 6.07 Å². The van der Waals surface area contributed by atoms with Crippen LogP contribution in [0.5, 0.6) is 0 Å². The number of carbonyl (C=O) groups excluding carboxylic acids is 4. The van der Waals surface area contributed by atoms with E-state index in [0.29, 0.717) is 18.6 Å². The molecule has 9 nitrogen and oxygen atoms in total. The number of nitrogens with one attached hydrogen (secondary N) is 3.